The van der Waals surface area contributed by atoms with Crippen molar-refractivity contribution in [1.29, 1.82) is 0 Å². The molecular weight excluding hydrogens is 232 g/mol. The van der Waals surface area contributed by atoms with E-state index in [9.17, 15) is 14.7 Å². The van der Waals surface area contributed by atoms with Gasteiger partial charge in [0, 0.05) is 25.4 Å². The Kier molecular flexibility index (Phi) is 4.06. The topological polar surface area (TPSA) is 70.5 Å². The zero-order valence-corrected chi connectivity index (χ0v) is 11.0. The second kappa shape index (κ2) is 5.16. The number of rotatable bonds is 4. The Morgan fingerprint density at radius 1 is 1.33 bits per heavy atom. The number of carboxylic acid groups (broad SMARTS) is 1. The van der Waals surface area contributed by atoms with Gasteiger partial charge in [-0.15, -0.1) is 0 Å². The summed E-state index contributed by atoms with van der Waals surface area (Å²) in [6.07, 6.45) is 3.05. The standard InChI is InChI=1S/C13H18N2O3/c1-9(2)15(10(3)16)13(4,12(17)18)11-5-7-14-8-6-11/h5-9H,1-4H3,(H,17,18). The summed E-state index contributed by atoms with van der Waals surface area (Å²) in [4.78, 5) is 28.7. The van der Waals surface area contributed by atoms with Gasteiger partial charge in [-0.1, -0.05) is 0 Å². The summed E-state index contributed by atoms with van der Waals surface area (Å²) in [5.41, 5.74) is -0.850. The fourth-order valence-corrected chi connectivity index (χ4v) is 2.24. The smallest absolute Gasteiger partial charge is 0.334 e. The van der Waals surface area contributed by atoms with Crippen molar-refractivity contribution >= 4 is 11.9 Å². The monoisotopic (exact) mass is 250 g/mol. The van der Waals surface area contributed by atoms with E-state index in [0.717, 1.165) is 0 Å². The molecule has 18 heavy (non-hydrogen) atoms. The minimum absolute atomic E-state index is 0.211. The molecule has 0 aliphatic carbocycles. The number of carbonyl (C=O) groups is 2. The summed E-state index contributed by atoms with van der Waals surface area (Å²) < 4.78 is 0. The van der Waals surface area contributed by atoms with Crippen LogP contribution in [0.5, 0.6) is 0 Å². The molecule has 1 aromatic rings. The maximum atomic E-state index is 11.8. The van der Waals surface area contributed by atoms with E-state index in [1.54, 1.807) is 26.0 Å². The Morgan fingerprint density at radius 3 is 2.17 bits per heavy atom. The number of aromatic nitrogens is 1. The van der Waals surface area contributed by atoms with E-state index in [-0.39, 0.29) is 11.9 Å². The Hall–Kier alpha value is -1.91. The molecular formula is C13H18N2O3. The van der Waals surface area contributed by atoms with Crippen molar-refractivity contribution in [3.8, 4) is 0 Å². The number of aliphatic carboxylic acids is 1. The number of pyridine rings is 1. The van der Waals surface area contributed by atoms with Crippen molar-refractivity contribution in [2.45, 2.75) is 39.3 Å². The van der Waals surface area contributed by atoms with Crippen molar-refractivity contribution in [2.24, 2.45) is 0 Å². The lowest BCUT2D eigenvalue weighted by atomic mass is 9.89. The van der Waals surface area contributed by atoms with Crippen molar-refractivity contribution in [3.63, 3.8) is 0 Å². The van der Waals surface area contributed by atoms with E-state index in [4.69, 9.17) is 0 Å². The normalized spacial score (nSPS) is 14.1. The van der Waals surface area contributed by atoms with Gasteiger partial charge in [0.2, 0.25) is 5.91 Å². The molecule has 5 heteroatoms. The Balaban J connectivity index is 3.40. The van der Waals surface area contributed by atoms with Crippen molar-refractivity contribution < 1.29 is 14.7 Å². The third-order valence-electron chi connectivity index (χ3n) is 3.00. The number of carboxylic acids is 1. The predicted molar refractivity (Wildman–Crippen MR) is 66.9 cm³/mol. The summed E-state index contributed by atoms with van der Waals surface area (Å²) in [5.74, 6) is -1.33. The fourth-order valence-electron chi connectivity index (χ4n) is 2.24. The predicted octanol–water partition coefficient (Wildman–Crippen LogP) is 1.64. The quantitative estimate of drug-likeness (QED) is 0.881. The molecule has 0 saturated heterocycles. The van der Waals surface area contributed by atoms with E-state index in [0.29, 0.717) is 5.56 Å². The highest BCUT2D eigenvalue weighted by Gasteiger charge is 2.44. The molecule has 0 fully saturated rings. The number of hydrogen-bond acceptors (Lipinski definition) is 3. The molecule has 5 nitrogen and oxygen atoms in total. The molecule has 1 unspecified atom stereocenters. The highest BCUT2D eigenvalue weighted by Crippen LogP contribution is 2.30. The fraction of sp³-hybridized carbons (Fsp3) is 0.462. The van der Waals surface area contributed by atoms with Crippen molar-refractivity contribution in [2.75, 3.05) is 0 Å². The minimum Gasteiger partial charge on any atom is -0.479 e. The van der Waals surface area contributed by atoms with Crippen LogP contribution < -0.4 is 0 Å². The maximum absolute atomic E-state index is 11.8. The van der Waals surface area contributed by atoms with Crippen LogP contribution in [-0.2, 0) is 15.1 Å². The molecule has 0 aliphatic rings. The second-order valence-electron chi connectivity index (χ2n) is 4.60. The first-order chi connectivity index (χ1) is 8.31. The van der Waals surface area contributed by atoms with Gasteiger partial charge in [-0.3, -0.25) is 9.78 Å². The zero-order chi connectivity index (χ0) is 13.9. The summed E-state index contributed by atoms with van der Waals surface area (Å²) in [5, 5.41) is 9.54. The Labute approximate surface area is 106 Å². The van der Waals surface area contributed by atoms with Crippen LogP contribution in [0.25, 0.3) is 0 Å². The molecule has 1 aromatic heterocycles. The van der Waals surface area contributed by atoms with Gasteiger partial charge in [-0.05, 0) is 38.5 Å². The molecule has 0 aromatic carbocycles. The average molecular weight is 250 g/mol. The van der Waals surface area contributed by atoms with Crippen LogP contribution in [0, 0.1) is 0 Å². The SMILES string of the molecule is CC(=O)N(C(C)C)C(C)(C(=O)O)c1ccncc1. The first-order valence-electron chi connectivity index (χ1n) is 5.75. The van der Waals surface area contributed by atoms with E-state index < -0.39 is 11.5 Å². The van der Waals surface area contributed by atoms with Crippen LogP contribution in [0.4, 0.5) is 0 Å². The van der Waals surface area contributed by atoms with Crippen molar-refractivity contribution in [1.82, 2.24) is 9.88 Å². The van der Waals surface area contributed by atoms with E-state index in [1.807, 2.05) is 0 Å². The molecule has 0 aliphatic heterocycles. The molecule has 1 amide bonds. The summed E-state index contributed by atoms with van der Waals surface area (Å²) in [7, 11) is 0. The highest BCUT2D eigenvalue weighted by molar-refractivity contribution is 5.87. The Morgan fingerprint density at radius 2 is 1.83 bits per heavy atom. The highest BCUT2D eigenvalue weighted by atomic mass is 16.4. The van der Waals surface area contributed by atoms with Gasteiger partial charge in [0.05, 0.1) is 0 Å². The third-order valence-corrected chi connectivity index (χ3v) is 3.00. The summed E-state index contributed by atoms with van der Waals surface area (Å²) in [6.45, 7) is 6.50. The summed E-state index contributed by atoms with van der Waals surface area (Å²) >= 11 is 0. The zero-order valence-electron chi connectivity index (χ0n) is 11.0. The number of amides is 1. The van der Waals surface area contributed by atoms with Crippen molar-refractivity contribution in [3.05, 3.63) is 30.1 Å². The van der Waals surface area contributed by atoms with Gasteiger partial charge in [0.1, 0.15) is 0 Å². The molecule has 0 spiro atoms. The van der Waals surface area contributed by atoms with Gasteiger partial charge < -0.3 is 10.0 Å². The van der Waals surface area contributed by atoms with Crippen LogP contribution >= 0.6 is 0 Å². The van der Waals surface area contributed by atoms with Crippen LogP contribution in [0.2, 0.25) is 0 Å². The first kappa shape index (κ1) is 14.2. The molecule has 0 bridgehead atoms. The largest absolute Gasteiger partial charge is 0.479 e. The Bertz CT molecular complexity index is 445. The van der Waals surface area contributed by atoms with Gasteiger partial charge in [-0.2, -0.15) is 0 Å². The maximum Gasteiger partial charge on any atom is 0.334 e. The molecule has 98 valence electrons. The molecule has 1 atom stereocenters. The molecule has 1 rings (SSSR count). The lowest BCUT2D eigenvalue weighted by molar-refractivity contribution is -0.160. The van der Waals surface area contributed by atoms with Crippen LogP contribution in [0.1, 0.15) is 33.3 Å². The lowest BCUT2D eigenvalue weighted by Crippen LogP contribution is -2.55. The van der Waals surface area contributed by atoms with Crippen LogP contribution in [0.3, 0.4) is 0 Å². The molecule has 0 saturated carbocycles. The summed E-state index contributed by atoms with van der Waals surface area (Å²) in [6, 6.07) is 3.02. The van der Waals surface area contributed by atoms with Gasteiger partial charge in [0.15, 0.2) is 5.54 Å². The van der Waals surface area contributed by atoms with E-state index in [2.05, 4.69) is 4.98 Å². The molecule has 0 radical (unpaired) electrons. The van der Waals surface area contributed by atoms with Crippen LogP contribution in [0.15, 0.2) is 24.5 Å². The van der Waals surface area contributed by atoms with E-state index in [1.165, 1.54) is 31.1 Å². The minimum atomic E-state index is -1.39. The van der Waals surface area contributed by atoms with E-state index >= 15 is 0 Å². The lowest BCUT2D eigenvalue weighted by Gasteiger charge is -2.40. The molecule has 1 heterocycles. The van der Waals surface area contributed by atoms with Gasteiger partial charge in [-0.25, -0.2) is 4.79 Å². The third kappa shape index (κ3) is 2.34. The van der Waals surface area contributed by atoms with Gasteiger partial charge >= 0.3 is 5.97 Å². The average Bonchev–Trinajstić information content (AvgIpc) is 2.28. The number of nitrogens with zero attached hydrogens (tertiary/aromatic N) is 2. The molecule has 1 N–H and O–H groups in total. The number of hydrogen-bond donors (Lipinski definition) is 1. The number of carbonyl (C=O) groups excluding carboxylic acids is 1. The first-order valence-corrected chi connectivity index (χ1v) is 5.75. The van der Waals surface area contributed by atoms with Crippen LogP contribution in [-0.4, -0.2) is 32.9 Å². The second-order valence-corrected chi connectivity index (χ2v) is 4.60. The van der Waals surface area contributed by atoms with Gasteiger partial charge in [0.25, 0.3) is 0 Å².